The average molecular weight is 419 g/mol. The molecule has 1 heterocycles. The van der Waals surface area contributed by atoms with Gasteiger partial charge in [-0.3, -0.25) is 14.5 Å². The van der Waals surface area contributed by atoms with E-state index < -0.39 is 5.97 Å². The number of quaternary nitrogens is 1. The Morgan fingerprint density at radius 1 is 1.23 bits per heavy atom. The van der Waals surface area contributed by atoms with E-state index in [1.165, 1.54) is 4.90 Å². The van der Waals surface area contributed by atoms with Crippen molar-refractivity contribution in [3.8, 4) is 0 Å². The van der Waals surface area contributed by atoms with Gasteiger partial charge in [0, 0.05) is 13.0 Å². The van der Waals surface area contributed by atoms with Gasteiger partial charge in [-0.2, -0.15) is 0 Å². The molecular weight excluding hydrogens is 386 g/mol. The van der Waals surface area contributed by atoms with E-state index in [9.17, 15) is 19.5 Å². The van der Waals surface area contributed by atoms with Crippen LogP contribution in [0.4, 0.5) is 0 Å². The molecule has 1 unspecified atom stereocenters. The van der Waals surface area contributed by atoms with Gasteiger partial charge >= 0.3 is 5.97 Å². The van der Waals surface area contributed by atoms with Gasteiger partial charge in [-0.05, 0) is 26.3 Å². The quantitative estimate of drug-likeness (QED) is 0.103. The normalized spacial score (nSPS) is 17.1. The summed E-state index contributed by atoms with van der Waals surface area (Å²) in [6, 6.07) is 9.20. The first-order valence-electron chi connectivity index (χ1n) is 10.4. The van der Waals surface area contributed by atoms with Crippen molar-refractivity contribution in [2.75, 3.05) is 26.2 Å². The number of ether oxygens (including phenoxy) is 1. The van der Waals surface area contributed by atoms with Crippen LogP contribution in [0.1, 0.15) is 39.2 Å². The number of aliphatic hydroxyl groups is 1. The topological polar surface area (TPSA) is 95.9 Å². The Hall–Kier alpha value is -2.87. The Labute approximate surface area is 177 Å². The first-order chi connectivity index (χ1) is 14.4. The molecule has 0 bridgehead atoms. The van der Waals surface area contributed by atoms with E-state index >= 15 is 0 Å². The lowest BCUT2D eigenvalue weighted by atomic mass is 10.0. The predicted octanol–water partition coefficient (Wildman–Crippen LogP) is 2.07. The second kappa shape index (κ2) is 10.8. The Kier molecular flexibility index (Phi) is 8.41. The molecule has 0 spiro atoms. The number of nitrogens with one attached hydrogen (secondary N) is 1. The van der Waals surface area contributed by atoms with Crippen LogP contribution in [-0.2, 0) is 25.7 Å². The van der Waals surface area contributed by atoms with Gasteiger partial charge < -0.3 is 19.6 Å². The summed E-state index contributed by atoms with van der Waals surface area (Å²) in [6.07, 6.45) is 0.615. The number of amides is 2. The molecule has 2 rings (SSSR count). The smallest absolute Gasteiger partial charge is 0.359 e. The molecule has 0 saturated carbocycles. The van der Waals surface area contributed by atoms with Crippen molar-refractivity contribution < 1.29 is 28.7 Å². The van der Waals surface area contributed by atoms with Gasteiger partial charge in [-0.25, -0.2) is 4.79 Å². The molecular formula is C22H32N3O5+. The van der Waals surface area contributed by atoms with Crippen molar-refractivity contribution in [2.24, 2.45) is 0 Å². The second-order valence-electron chi connectivity index (χ2n) is 7.29. The van der Waals surface area contributed by atoms with Crippen LogP contribution in [-0.4, -0.2) is 65.1 Å². The molecule has 0 aromatic heterocycles. The summed E-state index contributed by atoms with van der Waals surface area (Å²) >= 11 is 0. The number of likely N-dealkylation sites (tertiary alicyclic amines) is 1. The molecule has 1 fully saturated rings. The van der Waals surface area contributed by atoms with Crippen molar-refractivity contribution in [1.82, 2.24) is 10.2 Å². The van der Waals surface area contributed by atoms with E-state index in [2.05, 4.69) is 26.1 Å². The molecule has 1 aromatic carbocycles. The van der Waals surface area contributed by atoms with Crippen molar-refractivity contribution in [1.29, 1.82) is 0 Å². The number of hydrogen-bond donors (Lipinski definition) is 2. The third-order valence-electron chi connectivity index (χ3n) is 5.96. The van der Waals surface area contributed by atoms with E-state index in [0.717, 1.165) is 25.2 Å². The molecule has 1 atom stereocenters. The number of β-lactam (4-membered cyclic amide) rings is 1. The molecule has 1 aliphatic heterocycles. The monoisotopic (exact) mass is 418 g/mol. The number of carbonyl (C=O) groups is 3. The average Bonchev–Trinajstić information content (AvgIpc) is 2.77. The van der Waals surface area contributed by atoms with E-state index in [1.807, 2.05) is 30.3 Å². The fraction of sp³-hybridized carbons (Fsp3) is 0.500. The number of esters is 1. The number of aliphatic hydroxyl groups excluding tert-OH is 1. The van der Waals surface area contributed by atoms with Gasteiger partial charge in [0.25, 0.3) is 0 Å². The highest BCUT2D eigenvalue weighted by Crippen LogP contribution is 2.34. The van der Waals surface area contributed by atoms with Gasteiger partial charge in [0.2, 0.25) is 12.3 Å². The minimum atomic E-state index is -0.748. The predicted molar refractivity (Wildman–Crippen MR) is 112 cm³/mol. The molecule has 1 aliphatic rings. The first-order valence-corrected chi connectivity index (χ1v) is 10.4. The minimum Gasteiger partial charge on any atom is -0.510 e. The summed E-state index contributed by atoms with van der Waals surface area (Å²) in [5.41, 5.74) is 0.678. The molecule has 2 amide bonds. The van der Waals surface area contributed by atoms with Crippen molar-refractivity contribution >= 4 is 18.3 Å². The zero-order valence-corrected chi connectivity index (χ0v) is 18.0. The van der Waals surface area contributed by atoms with Crippen LogP contribution < -0.4 is 5.32 Å². The minimum absolute atomic E-state index is 0.0232. The van der Waals surface area contributed by atoms with E-state index in [1.54, 1.807) is 0 Å². The summed E-state index contributed by atoms with van der Waals surface area (Å²) in [7, 11) is 0. The summed E-state index contributed by atoms with van der Waals surface area (Å²) in [5, 5.41) is 13.1. The molecule has 8 nitrogen and oxygen atoms in total. The third-order valence-corrected chi connectivity index (χ3v) is 5.96. The lowest BCUT2D eigenvalue weighted by molar-refractivity contribution is -0.958. The van der Waals surface area contributed by atoms with Crippen LogP contribution >= 0.6 is 0 Å². The summed E-state index contributed by atoms with van der Waals surface area (Å²) in [5.74, 6) is -1.23. The highest BCUT2D eigenvalue weighted by Gasteiger charge is 2.52. The SMILES string of the molecule is CC[N+](CC)(CC)C1CC(=O)N1C(C(=O)OCc1ccccc1)=C(O)CCNC=O. The van der Waals surface area contributed by atoms with Crippen LogP contribution in [0.15, 0.2) is 41.8 Å². The zero-order valence-electron chi connectivity index (χ0n) is 18.0. The summed E-state index contributed by atoms with van der Waals surface area (Å²) in [4.78, 5) is 37.5. The van der Waals surface area contributed by atoms with Crippen LogP contribution in [0.25, 0.3) is 0 Å². The Balaban J connectivity index is 2.32. The fourth-order valence-corrected chi connectivity index (χ4v) is 3.93. The molecule has 1 aromatic rings. The van der Waals surface area contributed by atoms with E-state index in [-0.39, 0.29) is 43.1 Å². The summed E-state index contributed by atoms with van der Waals surface area (Å²) in [6.45, 7) is 8.72. The zero-order chi connectivity index (χ0) is 22.1. The van der Waals surface area contributed by atoms with Crippen LogP contribution in [0, 0.1) is 0 Å². The lowest BCUT2D eigenvalue weighted by Gasteiger charge is -2.52. The van der Waals surface area contributed by atoms with Crippen LogP contribution in [0.2, 0.25) is 0 Å². The van der Waals surface area contributed by atoms with Gasteiger partial charge in [-0.1, -0.05) is 30.3 Å². The molecule has 0 aliphatic carbocycles. The van der Waals surface area contributed by atoms with Crippen molar-refractivity contribution in [3.05, 3.63) is 47.4 Å². The standard InChI is InChI=1S/C22H31N3O5/c1-4-25(5-2,6-3)19-14-20(28)24(19)21(18(27)12-13-23-16-26)22(29)30-15-17-10-8-7-9-11-17/h7-11,16,19H,4-6,12-15H2,1-3H3,(H-,23,26,27,29)/p+1. The van der Waals surface area contributed by atoms with Crippen molar-refractivity contribution in [2.45, 2.75) is 46.4 Å². The largest absolute Gasteiger partial charge is 0.510 e. The molecule has 30 heavy (non-hydrogen) atoms. The fourth-order valence-electron chi connectivity index (χ4n) is 3.93. The van der Waals surface area contributed by atoms with Gasteiger partial charge in [0.05, 0.1) is 19.6 Å². The Morgan fingerprint density at radius 2 is 1.87 bits per heavy atom. The van der Waals surface area contributed by atoms with Gasteiger partial charge in [-0.15, -0.1) is 0 Å². The van der Waals surface area contributed by atoms with E-state index in [0.29, 0.717) is 17.3 Å². The second-order valence-corrected chi connectivity index (χ2v) is 7.29. The molecule has 2 N–H and O–H groups in total. The highest BCUT2D eigenvalue weighted by molar-refractivity contribution is 5.97. The molecule has 8 heteroatoms. The van der Waals surface area contributed by atoms with Gasteiger partial charge in [0.15, 0.2) is 11.9 Å². The van der Waals surface area contributed by atoms with Gasteiger partial charge in [0.1, 0.15) is 18.8 Å². The Bertz CT molecular complexity index is 766. The van der Waals surface area contributed by atoms with Crippen LogP contribution in [0.3, 0.4) is 0 Å². The number of benzene rings is 1. The maximum absolute atomic E-state index is 13.0. The number of carbonyl (C=O) groups excluding carboxylic acids is 3. The number of hydrogen-bond acceptors (Lipinski definition) is 5. The molecule has 1 saturated heterocycles. The molecule has 0 radical (unpaired) electrons. The van der Waals surface area contributed by atoms with Crippen LogP contribution in [0.5, 0.6) is 0 Å². The number of rotatable bonds is 12. The van der Waals surface area contributed by atoms with E-state index in [4.69, 9.17) is 4.74 Å². The lowest BCUT2D eigenvalue weighted by Crippen LogP contribution is -2.70. The maximum atomic E-state index is 13.0. The first kappa shape index (κ1) is 23.4. The maximum Gasteiger partial charge on any atom is 0.359 e. The Morgan fingerprint density at radius 3 is 2.40 bits per heavy atom. The third kappa shape index (κ3) is 4.99. The molecule has 164 valence electrons. The summed E-state index contributed by atoms with van der Waals surface area (Å²) < 4.78 is 6.06. The highest BCUT2D eigenvalue weighted by atomic mass is 16.5. The van der Waals surface area contributed by atoms with Crippen molar-refractivity contribution in [3.63, 3.8) is 0 Å². The number of nitrogens with zero attached hydrogens (tertiary/aromatic N) is 2.